The van der Waals surface area contributed by atoms with Gasteiger partial charge in [0, 0.05) is 0 Å². The lowest BCUT2D eigenvalue weighted by atomic mass is 9.98. The topological polar surface area (TPSA) is 127 Å². The number of rotatable bonds is 7. The second kappa shape index (κ2) is 8.01. The molecule has 1 fully saturated rings. The van der Waals surface area contributed by atoms with E-state index in [9.17, 15) is 5.11 Å². The van der Waals surface area contributed by atoms with E-state index in [1.165, 1.54) is 17.8 Å². The first-order valence-electron chi connectivity index (χ1n) is 9.41. The number of hydrogen-bond donors (Lipinski definition) is 2. The van der Waals surface area contributed by atoms with Crippen LogP contribution < -0.4 is 15.4 Å². The molecule has 11 heteroatoms. The van der Waals surface area contributed by atoms with Crippen LogP contribution in [-0.4, -0.2) is 55.7 Å². The third-order valence-electron chi connectivity index (χ3n) is 4.79. The Morgan fingerprint density at radius 2 is 2.07 bits per heavy atom. The van der Waals surface area contributed by atoms with Crippen molar-refractivity contribution in [2.75, 3.05) is 18.9 Å². The number of aliphatic hydroxyl groups is 1. The van der Waals surface area contributed by atoms with Gasteiger partial charge in [-0.15, -0.1) is 0 Å². The van der Waals surface area contributed by atoms with E-state index >= 15 is 4.39 Å². The summed E-state index contributed by atoms with van der Waals surface area (Å²) in [6.07, 6.45) is -2.35. The summed E-state index contributed by atoms with van der Waals surface area (Å²) in [5, 5.41) is 10.5. The number of fused-ring (bicyclic) bond motifs is 1. The molecule has 4 rings (SSSR count). The van der Waals surface area contributed by atoms with Crippen LogP contribution >= 0.6 is 0 Å². The van der Waals surface area contributed by atoms with Crippen LogP contribution in [0.25, 0.3) is 11.2 Å². The van der Waals surface area contributed by atoms with Gasteiger partial charge in [0.25, 0.3) is 0 Å². The van der Waals surface area contributed by atoms with Gasteiger partial charge in [-0.25, -0.2) is 9.37 Å². The Bertz CT molecular complexity index is 1020. The maximum Gasteiger partial charge on any atom is 0.247 e. The summed E-state index contributed by atoms with van der Waals surface area (Å²) >= 11 is 0. The molecule has 2 unspecified atom stereocenters. The summed E-state index contributed by atoms with van der Waals surface area (Å²) in [5.74, 6) is 0.609. The minimum atomic E-state index is -2.17. The van der Waals surface area contributed by atoms with Crippen LogP contribution in [0.15, 0.2) is 36.7 Å². The standard InChI is InChI=1S/C19H22FN5O5/c1-3-27-16-13-15(23-18(21)24-16)25(10-22-13)17-19(2,20)14(26)12(29-17)9-28-30-11-7-5-4-6-8-11/h4-8,10,12,14,17,26H,3,9H2,1-2H3,(H2,21,23,24)/t12?,14-,17?,19-/m1/s1. The lowest BCUT2D eigenvalue weighted by Crippen LogP contribution is -2.40. The van der Waals surface area contributed by atoms with E-state index in [0.717, 1.165) is 0 Å². The van der Waals surface area contributed by atoms with Crippen molar-refractivity contribution >= 4 is 17.1 Å². The van der Waals surface area contributed by atoms with Gasteiger partial charge in [0.15, 0.2) is 28.8 Å². The molecule has 3 aromatic rings. The van der Waals surface area contributed by atoms with Crippen molar-refractivity contribution in [1.82, 2.24) is 19.5 Å². The van der Waals surface area contributed by atoms with Crippen LogP contribution in [0, 0.1) is 0 Å². The summed E-state index contributed by atoms with van der Waals surface area (Å²) < 4.78 is 28.1. The zero-order chi connectivity index (χ0) is 21.3. The molecule has 1 aliphatic heterocycles. The highest BCUT2D eigenvalue weighted by molar-refractivity contribution is 5.77. The van der Waals surface area contributed by atoms with Crippen LogP contribution in [-0.2, 0) is 9.62 Å². The fraction of sp³-hybridized carbons (Fsp3) is 0.421. The number of hydrogen-bond acceptors (Lipinski definition) is 9. The molecule has 0 radical (unpaired) electrons. The minimum Gasteiger partial charge on any atom is -0.476 e. The monoisotopic (exact) mass is 419 g/mol. The summed E-state index contributed by atoms with van der Waals surface area (Å²) in [7, 11) is 0. The van der Waals surface area contributed by atoms with E-state index in [1.807, 2.05) is 6.07 Å². The number of nitrogen functional groups attached to an aromatic ring is 1. The molecular weight excluding hydrogens is 397 g/mol. The van der Waals surface area contributed by atoms with Crippen molar-refractivity contribution in [2.24, 2.45) is 0 Å². The number of ether oxygens (including phenoxy) is 2. The summed E-state index contributed by atoms with van der Waals surface area (Å²) in [4.78, 5) is 22.7. The molecule has 0 aliphatic carbocycles. The second-order valence-electron chi connectivity index (χ2n) is 6.95. The molecule has 4 atom stereocenters. The number of nitrogens with zero attached hydrogens (tertiary/aromatic N) is 4. The molecule has 0 spiro atoms. The molecule has 2 aromatic heterocycles. The number of para-hydroxylation sites is 1. The van der Waals surface area contributed by atoms with Crippen LogP contribution in [0.1, 0.15) is 20.1 Å². The highest BCUT2D eigenvalue weighted by Gasteiger charge is 2.55. The molecule has 1 saturated heterocycles. The normalized spacial score (nSPS) is 26.2. The van der Waals surface area contributed by atoms with Crippen molar-refractivity contribution in [3.63, 3.8) is 0 Å². The van der Waals surface area contributed by atoms with E-state index in [1.54, 1.807) is 31.2 Å². The SMILES string of the molecule is CCOc1nc(N)nc2c1ncn2C1OC(COOc2ccccc2)[C@@H](O)[C@@]1(C)F. The Balaban J connectivity index is 1.55. The van der Waals surface area contributed by atoms with E-state index in [-0.39, 0.29) is 24.1 Å². The van der Waals surface area contributed by atoms with Gasteiger partial charge in [-0.3, -0.25) is 4.57 Å². The highest BCUT2D eigenvalue weighted by Crippen LogP contribution is 2.43. The van der Waals surface area contributed by atoms with Gasteiger partial charge in [-0.2, -0.15) is 14.9 Å². The molecule has 3 N–H and O–H groups in total. The van der Waals surface area contributed by atoms with Gasteiger partial charge < -0.3 is 25.2 Å². The average Bonchev–Trinajstić information content (AvgIpc) is 3.23. The number of anilines is 1. The van der Waals surface area contributed by atoms with Gasteiger partial charge in [0.1, 0.15) is 18.8 Å². The summed E-state index contributed by atoms with van der Waals surface area (Å²) in [6.45, 7) is 3.18. The third-order valence-corrected chi connectivity index (χ3v) is 4.79. The maximum absolute atomic E-state index is 15.5. The fourth-order valence-electron chi connectivity index (χ4n) is 3.31. The Labute approximate surface area is 171 Å². The number of imidazole rings is 1. The minimum absolute atomic E-state index is 0.0528. The van der Waals surface area contributed by atoms with Crippen molar-refractivity contribution in [1.29, 1.82) is 0 Å². The quantitative estimate of drug-likeness (QED) is 0.435. The molecule has 0 bridgehead atoms. The first-order chi connectivity index (χ1) is 14.4. The van der Waals surface area contributed by atoms with Gasteiger partial charge >= 0.3 is 0 Å². The Morgan fingerprint density at radius 1 is 1.30 bits per heavy atom. The summed E-state index contributed by atoms with van der Waals surface area (Å²) in [6, 6.07) is 8.79. The van der Waals surface area contributed by atoms with Crippen LogP contribution in [0.2, 0.25) is 0 Å². The lowest BCUT2D eigenvalue weighted by molar-refractivity contribution is -0.233. The van der Waals surface area contributed by atoms with E-state index in [4.69, 9.17) is 25.0 Å². The van der Waals surface area contributed by atoms with Gasteiger partial charge in [0.05, 0.1) is 12.9 Å². The smallest absolute Gasteiger partial charge is 0.247 e. The van der Waals surface area contributed by atoms with Crippen LogP contribution in [0.5, 0.6) is 11.6 Å². The van der Waals surface area contributed by atoms with E-state index in [2.05, 4.69) is 15.0 Å². The number of alkyl halides is 1. The molecule has 0 saturated carbocycles. The van der Waals surface area contributed by atoms with Crippen molar-refractivity contribution in [2.45, 2.75) is 38.0 Å². The molecule has 10 nitrogen and oxygen atoms in total. The van der Waals surface area contributed by atoms with Crippen molar-refractivity contribution in [3.05, 3.63) is 36.7 Å². The highest BCUT2D eigenvalue weighted by atomic mass is 19.1. The fourth-order valence-corrected chi connectivity index (χ4v) is 3.31. The molecule has 30 heavy (non-hydrogen) atoms. The number of benzene rings is 1. The Hall–Kier alpha value is -3.02. The Morgan fingerprint density at radius 3 is 2.80 bits per heavy atom. The zero-order valence-electron chi connectivity index (χ0n) is 16.4. The molecule has 0 amide bonds. The van der Waals surface area contributed by atoms with Gasteiger partial charge in [0.2, 0.25) is 11.8 Å². The Kier molecular flexibility index (Phi) is 5.41. The first-order valence-corrected chi connectivity index (χ1v) is 9.41. The largest absolute Gasteiger partial charge is 0.476 e. The number of nitrogens with two attached hydrogens (primary N) is 1. The lowest BCUT2D eigenvalue weighted by Gasteiger charge is -2.24. The third kappa shape index (κ3) is 3.62. The predicted molar refractivity (Wildman–Crippen MR) is 103 cm³/mol. The number of aromatic nitrogens is 4. The average molecular weight is 419 g/mol. The molecule has 160 valence electrons. The molecule has 1 aromatic carbocycles. The number of halogens is 1. The molecule has 1 aliphatic rings. The van der Waals surface area contributed by atoms with Crippen LogP contribution in [0.4, 0.5) is 10.3 Å². The maximum atomic E-state index is 15.5. The van der Waals surface area contributed by atoms with E-state index in [0.29, 0.717) is 17.9 Å². The summed E-state index contributed by atoms with van der Waals surface area (Å²) in [5.41, 5.74) is 4.14. The predicted octanol–water partition coefficient (Wildman–Crippen LogP) is 1.80. The zero-order valence-corrected chi connectivity index (χ0v) is 16.4. The molecule has 3 heterocycles. The first kappa shape index (κ1) is 20.3. The van der Waals surface area contributed by atoms with Crippen molar-refractivity contribution < 1.29 is 28.7 Å². The van der Waals surface area contributed by atoms with Gasteiger partial charge in [-0.05, 0) is 26.0 Å². The van der Waals surface area contributed by atoms with Crippen molar-refractivity contribution in [3.8, 4) is 11.6 Å². The number of aliphatic hydroxyl groups excluding tert-OH is 1. The van der Waals surface area contributed by atoms with Gasteiger partial charge in [-0.1, -0.05) is 18.2 Å². The second-order valence-corrected chi connectivity index (χ2v) is 6.95. The van der Waals surface area contributed by atoms with E-state index < -0.39 is 24.1 Å². The molecular formula is C19H22FN5O5. The van der Waals surface area contributed by atoms with Crippen LogP contribution in [0.3, 0.4) is 0 Å².